The number of hydrogen-bond acceptors (Lipinski definition) is 6. The Labute approximate surface area is 165 Å². The Morgan fingerprint density at radius 3 is 2.81 bits per heavy atom. The molecule has 0 unspecified atom stereocenters. The van der Waals surface area contributed by atoms with Crippen LogP contribution in [0.25, 0.3) is 0 Å². The molecule has 1 aliphatic rings. The summed E-state index contributed by atoms with van der Waals surface area (Å²) < 4.78 is 0.644. The highest BCUT2D eigenvalue weighted by atomic mass is 35.5. The minimum absolute atomic E-state index is 0.0154. The largest absolute Gasteiger partial charge is 0.353 e. The van der Waals surface area contributed by atoms with Crippen LogP contribution in [0, 0.1) is 0 Å². The molecule has 2 amide bonds. The maximum absolute atomic E-state index is 12.2. The van der Waals surface area contributed by atoms with E-state index in [-0.39, 0.29) is 11.8 Å². The molecular formula is C17H19ClN4O2S2. The summed E-state index contributed by atoms with van der Waals surface area (Å²) >= 11 is 8.46. The molecule has 1 aliphatic carbocycles. The van der Waals surface area contributed by atoms with Crippen molar-refractivity contribution < 1.29 is 9.59 Å². The molecule has 1 heterocycles. The van der Waals surface area contributed by atoms with Crippen molar-refractivity contribution in [3.8, 4) is 0 Å². The number of aromatic nitrogens is 2. The number of thioether (sulfide) groups is 1. The van der Waals surface area contributed by atoms with Gasteiger partial charge in [-0.1, -0.05) is 60.0 Å². The van der Waals surface area contributed by atoms with Crippen LogP contribution < -0.4 is 10.6 Å². The molecule has 0 aliphatic heterocycles. The van der Waals surface area contributed by atoms with Gasteiger partial charge in [0.2, 0.25) is 11.0 Å². The highest BCUT2D eigenvalue weighted by Gasteiger charge is 2.16. The zero-order valence-corrected chi connectivity index (χ0v) is 16.4. The Hall–Kier alpha value is -1.64. The summed E-state index contributed by atoms with van der Waals surface area (Å²) in [5.74, 6) is 0.0183. The lowest BCUT2D eigenvalue weighted by Gasteiger charge is -2.22. The van der Waals surface area contributed by atoms with Crippen LogP contribution in [0.5, 0.6) is 0 Å². The lowest BCUT2D eigenvalue weighted by Crippen LogP contribution is -2.37. The second-order valence-electron chi connectivity index (χ2n) is 6.03. The first kappa shape index (κ1) is 19.1. The number of benzene rings is 1. The quantitative estimate of drug-likeness (QED) is 0.555. The molecule has 1 saturated carbocycles. The first-order valence-corrected chi connectivity index (χ1v) is 10.6. The Kier molecular flexibility index (Phi) is 6.87. The number of rotatable bonds is 6. The summed E-state index contributed by atoms with van der Waals surface area (Å²) in [4.78, 5) is 24.2. The molecule has 0 radical (unpaired) electrons. The Morgan fingerprint density at radius 2 is 2.04 bits per heavy atom. The van der Waals surface area contributed by atoms with Gasteiger partial charge in [0.05, 0.1) is 5.75 Å². The molecule has 26 heavy (non-hydrogen) atoms. The third kappa shape index (κ3) is 5.69. The number of nitrogens with one attached hydrogen (secondary N) is 2. The van der Waals surface area contributed by atoms with E-state index in [9.17, 15) is 9.59 Å². The fourth-order valence-electron chi connectivity index (χ4n) is 2.76. The number of anilines is 1. The zero-order chi connectivity index (χ0) is 18.4. The summed E-state index contributed by atoms with van der Waals surface area (Å²) in [6, 6.07) is 6.98. The number of hydrogen-bond donors (Lipinski definition) is 2. The van der Waals surface area contributed by atoms with E-state index in [1.54, 1.807) is 24.3 Å². The molecule has 0 saturated heterocycles. The van der Waals surface area contributed by atoms with Crippen molar-refractivity contribution in [2.75, 3.05) is 11.1 Å². The van der Waals surface area contributed by atoms with Gasteiger partial charge in [-0.2, -0.15) is 0 Å². The van der Waals surface area contributed by atoms with E-state index in [1.165, 1.54) is 42.4 Å². The number of carbonyl (C=O) groups is 2. The topological polar surface area (TPSA) is 84.0 Å². The lowest BCUT2D eigenvalue weighted by atomic mass is 9.95. The molecule has 1 aromatic carbocycles. The van der Waals surface area contributed by atoms with Crippen molar-refractivity contribution in [3.05, 3.63) is 34.9 Å². The van der Waals surface area contributed by atoms with E-state index >= 15 is 0 Å². The van der Waals surface area contributed by atoms with Crippen molar-refractivity contribution in [2.24, 2.45) is 0 Å². The number of halogens is 1. The summed E-state index contributed by atoms with van der Waals surface area (Å²) in [6.45, 7) is 0. The average Bonchev–Trinajstić information content (AvgIpc) is 3.08. The zero-order valence-electron chi connectivity index (χ0n) is 14.0. The highest BCUT2D eigenvalue weighted by molar-refractivity contribution is 8.01. The minimum Gasteiger partial charge on any atom is -0.353 e. The fraction of sp³-hybridized carbons (Fsp3) is 0.412. The van der Waals surface area contributed by atoms with Gasteiger partial charge in [-0.05, 0) is 31.0 Å². The lowest BCUT2D eigenvalue weighted by molar-refractivity contribution is -0.119. The standard InChI is InChI=1S/C17H19ClN4O2S2/c18-12-6-4-5-11(9-12)15(24)20-16-21-22-17(26-16)25-10-14(23)19-13-7-2-1-3-8-13/h4-6,9,13H,1-3,7-8,10H2,(H,19,23)(H,20,21,24). The number of carbonyl (C=O) groups excluding carboxylic acids is 2. The van der Waals surface area contributed by atoms with Crippen molar-refractivity contribution in [3.63, 3.8) is 0 Å². The van der Waals surface area contributed by atoms with Gasteiger partial charge in [-0.15, -0.1) is 10.2 Å². The molecule has 0 atom stereocenters. The average molecular weight is 411 g/mol. The summed E-state index contributed by atoms with van der Waals surface area (Å²) in [6.07, 6.45) is 5.76. The van der Waals surface area contributed by atoms with Crippen molar-refractivity contribution in [1.82, 2.24) is 15.5 Å². The van der Waals surface area contributed by atoms with Crippen LogP contribution in [0.15, 0.2) is 28.6 Å². The van der Waals surface area contributed by atoms with Gasteiger partial charge >= 0.3 is 0 Å². The molecule has 2 N–H and O–H groups in total. The maximum Gasteiger partial charge on any atom is 0.257 e. The second kappa shape index (κ2) is 9.34. The number of nitrogens with zero attached hydrogens (tertiary/aromatic N) is 2. The van der Waals surface area contributed by atoms with E-state index in [0.717, 1.165) is 12.8 Å². The molecule has 6 nitrogen and oxygen atoms in total. The van der Waals surface area contributed by atoms with Crippen molar-refractivity contribution in [1.29, 1.82) is 0 Å². The van der Waals surface area contributed by atoms with Gasteiger partial charge < -0.3 is 5.32 Å². The van der Waals surface area contributed by atoms with Gasteiger partial charge in [0.1, 0.15) is 0 Å². The molecule has 1 fully saturated rings. The van der Waals surface area contributed by atoms with Gasteiger partial charge in [0, 0.05) is 16.6 Å². The summed E-state index contributed by atoms with van der Waals surface area (Å²) in [7, 11) is 0. The van der Waals surface area contributed by atoms with Crippen LogP contribution >= 0.6 is 34.7 Å². The normalized spacial score (nSPS) is 14.8. The van der Waals surface area contributed by atoms with Crippen molar-refractivity contribution in [2.45, 2.75) is 42.5 Å². The predicted molar refractivity (Wildman–Crippen MR) is 105 cm³/mol. The molecule has 2 aromatic rings. The van der Waals surface area contributed by atoms with Crippen LogP contribution in [-0.4, -0.2) is 33.8 Å². The maximum atomic E-state index is 12.2. The Bertz CT molecular complexity index is 778. The van der Waals surface area contributed by atoms with Crippen LogP contribution in [-0.2, 0) is 4.79 Å². The van der Waals surface area contributed by atoms with E-state index in [2.05, 4.69) is 20.8 Å². The monoisotopic (exact) mass is 410 g/mol. The first-order chi connectivity index (χ1) is 12.6. The van der Waals surface area contributed by atoms with Gasteiger partial charge in [-0.3, -0.25) is 14.9 Å². The Morgan fingerprint density at radius 1 is 1.23 bits per heavy atom. The molecule has 0 spiro atoms. The van der Waals surface area contributed by atoms with Gasteiger partial charge in [0.25, 0.3) is 5.91 Å². The molecule has 9 heteroatoms. The SMILES string of the molecule is O=C(CSc1nnc(NC(=O)c2cccc(Cl)c2)s1)NC1CCCCC1. The van der Waals surface area contributed by atoms with Gasteiger partial charge in [-0.25, -0.2) is 0 Å². The smallest absolute Gasteiger partial charge is 0.257 e. The van der Waals surface area contributed by atoms with Crippen molar-refractivity contribution >= 4 is 51.6 Å². The summed E-state index contributed by atoms with van der Waals surface area (Å²) in [5.41, 5.74) is 0.453. The molecule has 0 bridgehead atoms. The van der Waals surface area contributed by atoms with E-state index < -0.39 is 0 Å². The molecule has 138 valence electrons. The minimum atomic E-state index is -0.296. The first-order valence-electron chi connectivity index (χ1n) is 8.43. The van der Waals surface area contributed by atoms with E-state index in [1.807, 2.05) is 0 Å². The van der Waals surface area contributed by atoms with Crippen LogP contribution in [0.1, 0.15) is 42.5 Å². The van der Waals surface area contributed by atoms with E-state index in [4.69, 9.17) is 11.6 Å². The number of amides is 2. The fourth-order valence-corrected chi connectivity index (χ4v) is 4.51. The highest BCUT2D eigenvalue weighted by Crippen LogP contribution is 2.26. The van der Waals surface area contributed by atoms with Crippen LogP contribution in [0.4, 0.5) is 5.13 Å². The summed E-state index contributed by atoms with van der Waals surface area (Å²) in [5, 5.41) is 14.6. The molecule has 3 rings (SSSR count). The molecular weight excluding hydrogens is 392 g/mol. The molecule has 1 aromatic heterocycles. The third-order valence-corrected chi connectivity index (χ3v) is 6.22. The second-order valence-corrected chi connectivity index (χ2v) is 8.67. The van der Waals surface area contributed by atoms with Crippen LogP contribution in [0.2, 0.25) is 5.02 Å². The Balaban J connectivity index is 1.47. The van der Waals surface area contributed by atoms with Gasteiger partial charge in [0.15, 0.2) is 4.34 Å². The predicted octanol–water partition coefficient (Wildman–Crippen LogP) is 3.98. The third-order valence-electron chi connectivity index (χ3n) is 4.01. The van der Waals surface area contributed by atoms with E-state index in [0.29, 0.717) is 31.9 Å². The van der Waals surface area contributed by atoms with Crippen LogP contribution in [0.3, 0.4) is 0 Å².